The molecular formula is C33H28N6O2. The summed E-state index contributed by atoms with van der Waals surface area (Å²) < 4.78 is 6.12. The lowest BCUT2D eigenvalue weighted by molar-refractivity contribution is -0.127. The number of hydrogen-bond donors (Lipinski definition) is 2. The molecule has 1 aliphatic carbocycles. The fourth-order valence-corrected chi connectivity index (χ4v) is 6.21. The van der Waals surface area contributed by atoms with Crippen molar-refractivity contribution in [3.8, 4) is 11.3 Å². The second-order valence-electron chi connectivity index (χ2n) is 11.9. The van der Waals surface area contributed by atoms with E-state index in [0.717, 1.165) is 51.9 Å². The topological polar surface area (TPSA) is 109 Å². The molecule has 0 aromatic carbocycles. The summed E-state index contributed by atoms with van der Waals surface area (Å²) in [5.74, 6) is 0.766. The molecule has 0 spiro atoms. The van der Waals surface area contributed by atoms with Crippen LogP contribution in [0.4, 0.5) is 0 Å². The van der Waals surface area contributed by atoms with Gasteiger partial charge in [0.1, 0.15) is 17.5 Å². The molecule has 8 nitrogen and oxygen atoms in total. The molecule has 0 amide bonds. The molecule has 0 radical (unpaired) electrons. The molecule has 5 aliphatic rings. The summed E-state index contributed by atoms with van der Waals surface area (Å²) in [7, 11) is 0. The Balaban J connectivity index is 1.36. The van der Waals surface area contributed by atoms with Gasteiger partial charge >= 0.3 is 0 Å². The summed E-state index contributed by atoms with van der Waals surface area (Å²) in [6.45, 7) is 3.97. The van der Waals surface area contributed by atoms with Crippen molar-refractivity contribution in [3.05, 3.63) is 107 Å². The van der Waals surface area contributed by atoms with E-state index in [0.29, 0.717) is 11.6 Å². The van der Waals surface area contributed by atoms with Gasteiger partial charge in [-0.3, -0.25) is 14.8 Å². The van der Waals surface area contributed by atoms with Crippen LogP contribution in [0, 0.1) is 11.3 Å². The minimum atomic E-state index is -1.05. The zero-order valence-electron chi connectivity index (χ0n) is 22.8. The highest BCUT2D eigenvalue weighted by molar-refractivity contribution is 6.20. The van der Waals surface area contributed by atoms with Gasteiger partial charge in [0.15, 0.2) is 11.3 Å². The Hall–Kier alpha value is -4.85. The van der Waals surface area contributed by atoms with Gasteiger partial charge in [0, 0.05) is 34.4 Å². The van der Waals surface area contributed by atoms with Gasteiger partial charge in [-0.25, -0.2) is 9.98 Å². The Bertz CT molecular complexity index is 1930. The van der Waals surface area contributed by atoms with Gasteiger partial charge < -0.3 is 14.7 Å². The Morgan fingerprint density at radius 1 is 1.00 bits per heavy atom. The molecule has 2 unspecified atom stereocenters. The van der Waals surface area contributed by atoms with Crippen molar-refractivity contribution in [3.63, 3.8) is 0 Å². The molecule has 3 aromatic heterocycles. The monoisotopic (exact) mass is 540 g/mol. The number of carbonyl (C=O) groups excluding carboxylic acids is 1. The van der Waals surface area contributed by atoms with E-state index >= 15 is 0 Å². The number of Topliss-reactive ketones (excluding diaryl/α,β-unsaturated/α-hetero) is 1. The molecule has 7 heterocycles. The van der Waals surface area contributed by atoms with Crippen LogP contribution < -0.4 is 16.0 Å². The second kappa shape index (κ2) is 8.33. The zero-order chi connectivity index (χ0) is 27.8. The predicted molar refractivity (Wildman–Crippen MR) is 157 cm³/mol. The molecule has 3 aromatic rings. The van der Waals surface area contributed by atoms with Crippen LogP contribution in [0.5, 0.6) is 0 Å². The second-order valence-corrected chi connectivity index (χ2v) is 11.9. The zero-order valence-corrected chi connectivity index (χ0v) is 22.8. The Morgan fingerprint density at radius 3 is 2.61 bits per heavy atom. The summed E-state index contributed by atoms with van der Waals surface area (Å²) >= 11 is 0. The summed E-state index contributed by atoms with van der Waals surface area (Å²) in [6, 6.07) is 7.85. The minimum absolute atomic E-state index is 0.140. The van der Waals surface area contributed by atoms with E-state index < -0.39 is 16.5 Å². The standard InChI is InChI=1S/C33H28N6O2/c1-31(2)28-17-32(30-37-27(19-41-30)20-4-3-13-34-18-20)12-11-25(38-32)15-24-8-7-22(35-24)14-23-9-10-26(36-23)16-33(39-28,29(31)40)21-5-6-21/h3-4,7-19,21,35,39H,5-6H2,1-2H3. The molecule has 8 heteroatoms. The molecule has 2 atom stereocenters. The number of nitrogens with one attached hydrogen (secondary N) is 2. The van der Waals surface area contributed by atoms with E-state index in [9.17, 15) is 4.79 Å². The van der Waals surface area contributed by atoms with Crippen LogP contribution in [0.1, 0.15) is 32.6 Å². The fraction of sp³-hybridized carbons (Fsp3) is 0.242. The normalized spacial score (nSPS) is 27.4. The number of aliphatic imine (C=N–C) groups is 2. The van der Waals surface area contributed by atoms with Crippen molar-refractivity contribution in [2.24, 2.45) is 21.3 Å². The van der Waals surface area contributed by atoms with Crippen LogP contribution in [0.25, 0.3) is 23.4 Å². The lowest BCUT2D eigenvalue weighted by atomic mass is 9.77. The van der Waals surface area contributed by atoms with Crippen molar-refractivity contribution in [2.45, 2.75) is 37.8 Å². The van der Waals surface area contributed by atoms with Gasteiger partial charge in [-0.2, -0.15) is 0 Å². The lowest BCUT2D eigenvalue weighted by Crippen LogP contribution is -2.47. The van der Waals surface area contributed by atoms with E-state index in [1.54, 1.807) is 18.7 Å². The van der Waals surface area contributed by atoms with Gasteiger partial charge in [-0.15, -0.1) is 0 Å². The van der Waals surface area contributed by atoms with Gasteiger partial charge in [0.2, 0.25) is 5.89 Å². The Labute approximate surface area is 236 Å². The van der Waals surface area contributed by atoms with Crippen LogP contribution >= 0.6 is 0 Å². The molecule has 8 bridgehead atoms. The molecule has 4 aliphatic heterocycles. The average Bonchev–Trinajstić information content (AvgIpc) is 3.33. The molecule has 41 heavy (non-hydrogen) atoms. The van der Waals surface area contributed by atoms with Crippen molar-refractivity contribution in [1.82, 2.24) is 20.3 Å². The Kier molecular flexibility index (Phi) is 4.87. The van der Waals surface area contributed by atoms with Gasteiger partial charge in [-0.1, -0.05) is 0 Å². The van der Waals surface area contributed by atoms with Crippen LogP contribution in [0.3, 0.4) is 0 Å². The van der Waals surface area contributed by atoms with Gasteiger partial charge in [0.05, 0.1) is 22.5 Å². The SMILES string of the molecule is CC1(C)C(=O)C2(C3CC3)C=C3C=CC(=N3)C=c3ccc([nH]3)=CC3=NC(c4nc(-c5cccnc5)co4)(C=C3)C=C1N2. The van der Waals surface area contributed by atoms with Crippen LogP contribution in [0.15, 0.2) is 105 Å². The highest BCUT2D eigenvalue weighted by atomic mass is 16.3. The number of allylic oxidation sites excluding steroid dienone is 4. The number of carbonyl (C=O) groups is 1. The number of aromatic amines is 1. The lowest BCUT2D eigenvalue weighted by Gasteiger charge is -2.26. The molecule has 8 rings (SSSR count). The third-order valence-electron chi connectivity index (χ3n) is 8.57. The number of oxazole rings is 1. The predicted octanol–water partition coefficient (Wildman–Crippen LogP) is 3.67. The fourth-order valence-electron chi connectivity index (χ4n) is 6.21. The molecule has 1 saturated heterocycles. The van der Waals surface area contributed by atoms with Crippen molar-refractivity contribution in [2.75, 3.05) is 0 Å². The maximum atomic E-state index is 14.3. The quantitative estimate of drug-likeness (QED) is 0.527. The minimum Gasteiger partial charge on any atom is -0.445 e. The van der Waals surface area contributed by atoms with E-state index in [1.165, 1.54) is 0 Å². The number of ketones is 1. The number of aromatic nitrogens is 3. The summed E-state index contributed by atoms with van der Waals surface area (Å²) in [5.41, 5.74) is 2.04. The summed E-state index contributed by atoms with van der Waals surface area (Å²) in [5, 5.41) is 5.56. The number of pyridine rings is 1. The maximum Gasteiger partial charge on any atom is 0.230 e. The number of H-pyrrole nitrogens is 1. The molecule has 202 valence electrons. The third kappa shape index (κ3) is 3.78. The molecular weight excluding hydrogens is 512 g/mol. The average molecular weight is 541 g/mol. The third-order valence-corrected chi connectivity index (χ3v) is 8.57. The first kappa shape index (κ1) is 24.0. The van der Waals surface area contributed by atoms with Crippen LogP contribution in [-0.4, -0.2) is 37.7 Å². The Morgan fingerprint density at radius 2 is 1.83 bits per heavy atom. The van der Waals surface area contributed by atoms with E-state index in [2.05, 4.69) is 15.3 Å². The number of fused-ring (bicyclic) bond motifs is 6. The smallest absolute Gasteiger partial charge is 0.230 e. The first-order valence-corrected chi connectivity index (χ1v) is 13.9. The molecule has 2 N–H and O–H groups in total. The first-order chi connectivity index (χ1) is 19.8. The molecule has 2 fully saturated rings. The number of nitrogens with zero attached hydrogens (tertiary/aromatic N) is 4. The van der Waals surface area contributed by atoms with Crippen LogP contribution in [0.2, 0.25) is 0 Å². The van der Waals surface area contributed by atoms with E-state index in [4.69, 9.17) is 19.4 Å². The molecule has 1 saturated carbocycles. The number of rotatable bonds is 3. The van der Waals surface area contributed by atoms with Gasteiger partial charge in [-0.05, 0) is 105 Å². The highest BCUT2D eigenvalue weighted by Gasteiger charge is 2.61. The summed E-state index contributed by atoms with van der Waals surface area (Å²) in [4.78, 5) is 36.9. The van der Waals surface area contributed by atoms with E-state index in [-0.39, 0.29) is 11.7 Å². The van der Waals surface area contributed by atoms with Gasteiger partial charge in [0.25, 0.3) is 0 Å². The largest absolute Gasteiger partial charge is 0.445 e. The van der Waals surface area contributed by atoms with Crippen LogP contribution in [-0.2, 0) is 10.3 Å². The van der Waals surface area contributed by atoms with E-state index in [1.807, 2.05) is 86.7 Å². The number of hydrogen-bond acceptors (Lipinski definition) is 7. The van der Waals surface area contributed by atoms with Crippen molar-refractivity contribution < 1.29 is 9.21 Å². The maximum absolute atomic E-state index is 14.3. The van der Waals surface area contributed by atoms with Crippen molar-refractivity contribution in [1.29, 1.82) is 0 Å². The summed E-state index contributed by atoms with van der Waals surface area (Å²) in [6.07, 6.45) is 23.1. The van der Waals surface area contributed by atoms with Crippen molar-refractivity contribution >= 4 is 29.4 Å². The highest BCUT2D eigenvalue weighted by Crippen LogP contribution is 2.52. The first-order valence-electron chi connectivity index (χ1n) is 13.9.